The number of ether oxygens (including phenoxy) is 4. The monoisotopic (exact) mass is 1460 g/mol. The fraction of sp³-hybridized carbons (Fsp3) is 0.333. The molecule has 0 saturated carbocycles. The Morgan fingerprint density at radius 3 is 1.29 bits per heavy atom. The molecule has 4 fully saturated rings. The summed E-state index contributed by atoms with van der Waals surface area (Å²) in [6.07, 6.45) is 9.53. The van der Waals surface area contributed by atoms with E-state index >= 15 is 0 Å². The predicted molar refractivity (Wildman–Crippen MR) is 385 cm³/mol. The Hall–Kier alpha value is -9.64. The van der Waals surface area contributed by atoms with Crippen molar-refractivity contribution in [2.24, 2.45) is 25.9 Å². The maximum atomic E-state index is 13.4. The van der Waals surface area contributed by atoms with Gasteiger partial charge in [0.05, 0.1) is 96.2 Å². The number of carbonyl (C=O) groups is 4. The fourth-order valence-electron chi connectivity index (χ4n) is 13.2. The third-order valence-electron chi connectivity index (χ3n) is 18.9. The fourth-order valence-corrected chi connectivity index (χ4v) is 14.5. The number of methoxy groups -OCH3 is 4. The number of benzene rings is 2. The second-order valence-electron chi connectivity index (χ2n) is 25.5. The van der Waals surface area contributed by atoms with Crippen LogP contribution in [0.5, 0.6) is 11.8 Å². The minimum Gasteiger partial charge on any atom is -0.481 e. The summed E-state index contributed by atoms with van der Waals surface area (Å²) in [5.41, 5.74) is 9.63. The molecule has 4 aliphatic heterocycles. The average Bonchev–Trinajstić information content (AvgIpc) is 1.53. The first-order valence-electron chi connectivity index (χ1n) is 33.0. The number of pyridine rings is 4. The topological polar surface area (TPSA) is 290 Å². The summed E-state index contributed by atoms with van der Waals surface area (Å²) in [6, 6.07) is 26.3. The van der Waals surface area contributed by atoms with Crippen LogP contribution in [0.1, 0.15) is 48.5 Å². The second kappa shape index (κ2) is 30.5. The van der Waals surface area contributed by atoms with E-state index in [0.717, 1.165) is 24.0 Å². The molecule has 102 heavy (non-hydrogen) atoms. The summed E-state index contributed by atoms with van der Waals surface area (Å²) in [5.74, 6) is 1.42. The lowest BCUT2D eigenvalue weighted by molar-refractivity contribution is -0.152. The van der Waals surface area contributed by atoms with Gasteiger partial charge in [-0.25, -0.2) is 19.0 Å². The Balaban J connectivity index is 0.000000182. The van der Waals surface area contributed by atoms with Crippen LogP contribution < -0.4 is 41.9 Å². The van der Waals surface area contributed by atoms with Crippen LogP contribution in [0, 0.1) is 11.8 Å². The number of aromatic nitrogens is 10. The van der Waals surface area contributed by atoms with Gasteiger partial charge in [0.2, 0.25) is 23.6 Å². The molecule has 10 aromatic rings. The van der Waals surface area contributed by atoms with Gasteiger partial charge in [-0.1, -0.05) is 94.9 Å². The van der Waals surface area contributed by atoms with Crippen molar-refractivity contribution in [3.63, 3.8) is 0 Å². The highest BCUT2D eigenvalue weighted by Gasteiger charge is 2.36. The number of hydrogen-bond donors (Lipinski definition) is 4. The van der Waals surface area contributed by atoms with Crippen molar-refractivity contribution in [3.8, 4) is 79.0 Å². The van der Waals surface area contributed by atoms with Gasteiger partial charge in [-0.2, -0.15) is 10.2 Å². The van der Waals surface area contributed by atoms with E-state index in [1.807, 2.05) is 70.5 Å². The summed E-state index contributed by atoms with van der Waals surface area (Å²) in [7, 11) is 9.29. The molecular weight excluding hydrogens is 1390 g/mol. The largest absolute Gasteiger partial charge is 0.481 e. The van der Waals surface area contributed by atoms with Gasteiger partial charge in [-0.3, -0.25) is 57.7 Å². The van der Waals surface area contributed by atoms with Crippen LogP contribution >= 0.6 is 46.4 Å². The highest BCUT2D eigenvalue weighted by Crippen LogP contribution is 2.44. The third kappa shape index (κ3) is 14.6. The van der Waals surface area contributed by atoms with Crippen molar-refractivity contribution < 1.29 is 38.1 Å². The number of nitrogens with zero attached hydrogens (tertiary/aromatic N) is 12. The van der Waals surface area contributed by atoms with E-state index in [1.165, 1.54) is 23.4 Å². The van der Waals surface area contributed by atoms with Crippen LogP contribution in [0.25, 0.3) is 78.3 Å². The molecule has 0 bridgehead atoms. The number of carbonyl (C=O) groups excluding carboxylic acids is 4. The Bertz CT molecular complexity index is 4740. The number of likely N-dealkylation sites (tertiary alicyclic amines) is 2. The normalized spacial score (nSPS) is 16.3. The number of hydrogen-bond acceptors (Lipinski definition) is 20. The second-order valence-corrected chi connectivity index (χ2v) is 27.0. The van der Waals surface area contributed by atoms with E-state index in [9.17, 15) is 28.8 Å². The van der Waals surface area contributed by atoms with Crippen molar-refractivity contribution in [1.82, 2.24) is 79.4 Å². The molecule has 4 aliphatic rings. The van der Waals surface area contributed by atoms with E-state index in [2.05, 4.69) is 31.2 Å². The molecule has 26 nitrogen and oxygen atoms in total. The van der Waals surface area contributed by atoms with E-state index in [0.29, 0.717) is 200 Å². The maximum Gasteiger partial charge on any atom is 0.311 e. The molecule has 2 aromatic carbocycles. The first-order chi connectivity index (χ1) is 49.3. The molecule has 2 amide bonds. The van der Waals surface area contributed by atoms with Gasteiger partial charge in [0.15, 0.2) is 0 Å². The molecule has 30 heteroatoms. The molecule has 528 valence electrons. The molecule has 14 rings (SSSR count). The van der Waals surface area contributed by atoms with Crippen molar-refractivity contribution in [2.45, 2.75) is 63.9 Å². The Morgan fingerprint density at radius 1 is 0.529 bits per heavy atom. The minimum atomic E-state index is -0.234. The van der Waals surface area contributed by atoms with E-state index < -0.39 is 0 Å². The zero-order chi connectivity index (χ0) is 71.6. The number of fused-ring (bicyclic) bond motifs is 2. The lowest BCUT2D eigenvalue weighted by Crippen LogP contribution is -2.50. The molecule has 0 spiro atoms. The van der Waals surface area contributed by atoms with Crippen LogP contribution in [0.4, 0.5) is 0 Å². The number of esters is 2. The summed E-state index contributed by atoms with van der Waals surface area (Å²) in [5, 5.41) is 23.8. The predicted octanol–water partition coefficient (Wildman–Crippen LogP) is 8.22. The van der Waals surface area contributed by atoms with E-state index in [4.69, 9.17) is 85.5 Å². The zero-order valence-corrected chi connectivity index (χ0v) is 59.6. The summed E-state index contributed by atoms with van der Waals surface area (Å²) < 4.78 is 27.1. The van der Waals surface area contributed by atoms with Crippen LogP contribution in [0.2, 0.25) is 20.1 Å². The highest BCUT2D eigenvalue weighted by atomic mass is 35.5. The number of rotatable bonds is 22. The Morgan fingerprint density at radius 2 is 0.922 bits per heavy atom. The van der Waals surface area contributed by atoms with Crippen molar-refractivity contribution >= 4 is 81.2 Å². The SMILES string of the molecule is COC(=O)C1CN(Cc2nn3cc(-c4nccc(-c5cccc(-c6ccc(CNC[C@@H]7CCC(=O)N7)c(OC)n6)c5Cl)c4Cl)cc3c(=O)n2C)C1.COC(=O)C1CN(Cc2nn3cc(-c4nccc(-c5cccc(-c6ccc(CNC[C@@H]7CCC(=O)N7)c(OC)n6)c5Cl)c4Cl)cc3c(=O)n2C)C1. The molecule has 4 saturated heterocycles. The Labute approximate surface area is 605 Å². The molecule has 0 unspecified atom stereocenters. The molecule has 0 aliphatic carbocycles. The maximum absolute atomic E-state index is 13.4. The van der Waals surface area contributed by atoms with Gasteiger partial charge in [0.25, 0.3) is 11.1 Å². The van der Waals surface area contributed by atoms with Gasteiger partial charge in [0, 0.05) is 172 Å². The molecular formula is C72H72Cl4N16O10. The minimum absolute atomic E-state index is 0.0855. The molecule has 12 heterocycles. The van der Waals surface area contributed by atoms with Gasteiger partial charge < -0.3 is 40.2 Å². The van der Waals surface area contributed by atoms with Gasteiger partial charge in [0.1, 0.15) is 22.7 Å². The van der Waals surface area contributed by atoms with Crippen LogP contribution in [0.3, 0.4) is 0 Å². The molecule has 0 radical (unpaired) electrons. The van der Waals surface area contributed by atoms with Gasteiger partial charge >= 0.3 is 11.9 Å². The molecule has 2 atom stereocenters. The highest BCUT2D eigenvalue weighted by molar-refractivity contribution is 6.40. The van der Waals surface area contributed by atoms with Crippen molar-refractivity contribution in [1.29, 1.82) is 0 Å². The lowest BCUT2D eigenvalue weighted by atomic mass is 10.00. The van der Waals surface area contributed by atoms with Crippen molar-refractivity contribution in [2.75, 3.05) is 67.7 Å². The average molecular weight is 1460 g/mol. The standard InChI is InChI=1S/2C36H36Cl2N8O5/c2*1-44-29(19-45-16-22(17-45)36(49)51-3)43-46-18-21(13-28(46)35(44)48)33-32(38)25(11-12-40-33)24-5-4-6-26(31(24)37)27-9-7-20(34(42-27)50-2)14-39-15-23-8-10-30(47)41-23/h2*4-7,9,11-13,18,22-23,39H,8,10,14-17,19H2,1-3H3,(H,41,47)/t2*23-/m00/s1. The Kier molecular flexibility index (Phi) is 21.2. The molecule has 8 aromatic heterocycles. The quantitative estimate of drug-likeness (QED) is 0.0465. The van der Waals surface area contributed by atoms with Crippen LogP contribution in [0.15, 0.2) is 119 Å². The third-order valence-corrected chi connectivity index (χ3v) is 20.5. The van der Waals surface area contributed by atoms with Crippen LogP contribution in [-0.2, 0) is 68.9 Å². The number of nitrogens with one attached hydrogen (secondary N) is 4. The van der Waals surface area contributed by atoms with E-state index in [-0.39, 0.29) is 58.8 Å². The summed E-state index contributed by atoms with van der Waals surface area (Å²) in [4.78, 5) is 96.2. The lowest BCUT2D eigenvalue weighted by Gasteiger charge is -2.37. The van der Waals surface area contributed by atoms with Crippen LogP contribution in [-0.4, -0.2) is 162 Å². The van der Waals surface area contributed by atoms with Gasteiger partial charge in [-0.05, 0) is 49.2 Å². The molecule has 4 N–H and O–H groups in total. The number of amides is 2. The van der Waals surface area contributed by atoms with E-state index in [1.54, 1.807) is 86.4 Å². The zero-order valence-electron chi connectivity index (χ0n) is 56.6. The van der Waals surface area contributed by atoms with Crippen molar-refractivity contribution in [3.05, 3.63) is 173 Å². The van der Waals surface area contributed by atoms with Gasteiger partial charge in [-0.15, -0.1) is 0 Å². The smallest absolute Gasteiger partial charge is 0.311 e. The first-order valence-corrected chi connectivity index (χ1v) is 34.5. The summed E-state index contributed by atoms with van der Waals surface area (Å²) >= 11 is 28.2. The number of halogens is 4. The first kappa shape index (κ1) is 70.8. The summed E-state index contributed by atoms with van der Waals surface area (Å²) in [6.45, 7) is 5.37.